The maximum absolute atomic E-state index is 12.2. The van der Waals surface area contributed by atoms with E-state index in [1.165, 1.54) is 11.3 Å². The molecule has 6 heteroatoms. The molecule has 0 aliphatic carbocycles. The highest BCUT2D eigenvalue weighted by molar-refractivity contribution is 7.14. The number of aromatic nitrogens is 2. The first kappa shape index (κ1) is 11.4. The van der Waals surface area contributed by atoms with Gasteiger partial charge in [-0.05, 0) is 17.5 Å². The largest absolute Gasteiger partial charge is 0.311 e. The quantitative estimate of drug-likeness (QED) is 0.749. The molecule has 2 heterocycles. The van der Waals surface area contributed by atoms with Crippen molar-refractivity contribution in [1.29, 1.82) is 5.26 Å². The Bertz CT molecular complexity index is 796. The summed E-state index contributed by atoms with van der Waals surface area (Å²) in [7, 11) is 0. The molecular weight excluding hydrogens is 260 g/mol. The number of nitrogens with one attached hydrogen (secondary N) is 2. The van der Waals surface area contributed by atoms with Gasteiger partial charge in [-0.15, -0.1) is 11.3 Å². The van der Waals surface area contributed by atoms with E-state index in [4.69, 9.17) is 5.26 Å². The third kappa shape index (κ3) is 1.96. The molecule has 0 aliphatic heterocycles. The number of carbonyl (C=O) groups excluding carboxylic acids is 1. The van der Waals surface area contributed by atoms with E-state index in [9.17, 15) is 4.79 Å². The minimum Gasteiger partial charge on any atom is -0.311 e. The number of thiophene rings is 1. The highest BCUT2D eigenvalue weighted by atomic mass is 32.1. The van der Waals surface area contributed by atoms with E-state index in [-0.39, 0.29) is 5.91 Å². The zero-order chi connectivity index (χ0) is 13.2. The number of H-pyrrole nitrogens is 1. The Hall–Kier alpha value is -2.65. The molecule has 92 valence electrons. The van der Waals surface area contributed by atoms with Gasteiger partial charge in [-0.3, -0.25) is 9.89 Å². The van der Waals surface area contributed by atoms with Crippen LogP contribution in [0.2, 0.25) is 0 Å². The molecule has 2 aromatic heterocycles. The maximum Gasteiger partial charge on any atom is 0.277 e. The van der Waals surface area contributed by atoms with Crippen LogP contribution in [0.1, 0.15) is 16.1 Å². The molecule has 0 spiro atoms. The van der Waals surface area contributed by atoms with Gasteiger partial charge in [-0.25, -0.2) is 0 Å². The van der Waals surface area contributed by atoms with Gasteiger partial charge in [0, 0.05) is 5.39 Å². The van der Waals surface area contributed by atoms with Crippen LogP contribution in [0, 0.1) is 11.3 Å². The molecule has 2 N–H and O–H groups in total. The van der Waals surface area contributed by atoms with Crippen molar-refractivity contribution in [2.24, 2.45) is 0 Å². The molecule has 1 aromatic carbocycles. The molecule has 0 saturated heterocycles. The molecular formula is C13H8N4OS. The number of carbonyl (C=O) groups is 1. The normalized spacial score (nSPS) is 10.3. The molecule has 0 atom stereocenters. The fourth-order valence-electron chi connectivity index (χ4n) is 1.79. The number of rotatable bonds is 2. The predicted molar refractivity (Wildman–Crippen MR) is 73.1 cm³/mol. The second kappa shape index (κ2) is 4.55. The van der Waals surface area contributed by atoms with Crippen molar-refractivity contribution >= 4 is 33.1 Å². The Balaban J connectivity index is 1.95. The van der Waals surface area contributed by atoms with E-state index >= 15 is 0 Å². The predicted octanol–water partition coefficient (Wildman–Crippen LogP) is 2.75. The Labute approximate surface area is 112 Å². The number of amides is 1. The number of hydrogen-bond donors (Lipinski definition) is 2. The van der Waals surface area contributed by atoms with Crippen molar-refractivity contribution in [1.82, 2.24) is 10.2 Å². The lowest BCUT2D eigenvalue weighted by Crippen LogP contribution is -2.12. The molecule has 5 nitrogen and oxygen atoms in total. The lowest BCUT2D eigenvalue weighted by molar-refractivity contribution is 0.102. The van der Waals surface area contributed by atoms with E-state index in [1.54, 1.807) is 11.4 Å². The van der Waals surface area contributed by atoms with Gasteiger partial charge in [0.05, 0.1) is 11.1 Å². The number of nitrogens with zero attached hydrogens (tertiary/aromatic N) is 2. The highest BCUT2D eigenvalue weighted by Crippen LogP contribution is 2.24. The number of benzene rings is 1. The SMILES string of the molecule is N#Cc1ccsc1NC(=O)c1n[nH]c2ccccc12. The number of aromatic amines is 1. The van der Waals surface area contributed by atoms with Crippen LogP contribution >= 0.6 is 11.3 Å². The highest BCUT2D eigenvalue weighted by Gasteiger charge is 2.15. The summed E-state index contributed by atoms with van der Waals surface area (Å²) < 4.78 is 0. The van der Waals surface area contributed by atoms with Crippen molar-refractivity contribution < 1.29 is 4.79 Å². The molecule has 0 fully saturated rings. The van der Waals surface area contributed by atoms with E-state index in [1.807, 2.05) is 30.3 Å². The van der Waals surface area contributed by atoms with Crippen LogP contribution in [-0.4, -0.2) is 16.1 Å². The van der Waals surface area contributed by atoms with Crippen molar-refractivity contribution in [2.75, 3.05) is 5.32 Å². The Morgan fingerprint density at radius 1 is 1.37 bits per heavy atom. The van der Waals surface area contributed by atoms with Crippen molar-refractivity contribution in [3.05, 3.63) is 47.0 Å². The van der Waals surface area contributed by atoms with Gasteiger partial charge in [0.15, 0.2) is 5.69 Å². The Kier molecular flexibility index (Phi) is 2.74. The van der Waals surface area contributed by atoms with Gasteiger partial charge < -0.3 is 5.32 Å². The van der Waals surface area contributed by atoms with Gasteiger partial charge in [0.25, 0.3) is 5.91 Å². The van der Waals surface area contributed by atoms with Crippen LogP contribution in [0.4, 0.5) is 5.00 Å². The van der Waals surface area contributed by atoms with Crippen LogP contribution in [-0.2, 0) is 0 Å². The third-order valence-electron chi connectivity index (χ3n) is 2.70. The topological polar surface area (TPSA) is 81.6 Å². The summed E-state index contributed by atoms with van der Waals surface area (Å²) in [6.45, 7) is 0. The van der Waals surface area contributed by atoms with Crippen molar-refractivity contribution in [3.8, 4) is 6.07 Å². The molecule has 3 rings (SSSR count). The van der Waals surface area contributed by atoms with Crippen LogP contribution in [0.3, 0.4) is 0 Å². The number of fused-ring (bicyclic) bond motifs is 1. The first-order valence-electron chi connectivity index (χ1n) is 5.51. The van der Waals surface area contributed by atoms with Crippen molar-refractivity contribution in [3.63, 3.8) is 0 Å². The first-order valence-corrected chi connectivity index (χ1v) is 6.39. The fourth-order valence-corrected chi connectivity index (χ4v) is 2.53. The van der Waals surface area contributed by atoms with Crippen molar-refractivity contribution in [2.45, 2.75) is 0 Å². The average Bonchev–Trinajstić information content (AvgIpc) is 3.04. The molecule has 0 aliphatic rings. The monoisotopic (exact) mass is 268 g/mol. The minimum atomic E-state index is -0.323. The summed E-state index contributed by atoms with van der Waals surface area (Å²) in [5.41, 5.74) is 1.59. The molecule has 0 saturated carbocycles. The lowest BCUT2D eigenvalue weighted by atomic mass is 10.2. The van der Waals surface area contributed by atoms with Crippen LogP contribution < -0.4 is 5.32 Å². The Morgan fingerprint density at radius 2 is 2.21 bits per heavy atom. The summed E-state index contributed by atoms with van der Waals surface area (Å²) in [5, 5.41) is 21.5. The Morgan fingerprint density at radius 3 is 3.05 bits per heavy atom. The van der Waals surface area contributed by atoms with Gasteiger partial charge in [-0.2, -0.15) is 10.4 Å². The lowest BCUT2D eigenvalue weighted by Gasteiger charge is -2.00. The summed E-state index contributed by atoms with van der Waals surface area (Å²) in [4.78, 5) is 12.2. The fraction of sp³-hybridized carbons (Fsp3) is 0. The summed E-state index contributed by atoms with van der Waals surface area (Å²) in [6, 6.07) is 11.1. The molecule has 19 heavy (non-hydrogen) atoms. The summed E-state index contributed by atoms with van der Waals surface area (Å²) >= 11 is 1.31. The average molecular weight is 268 g/mol. The molecule has 1 amide bonds. The smallest absolute Gasteiger partial charge is 0.277 e. The second-order valence-electron chi connectivity index (χ2n) is 3.85. The second-order valence-corrected chi connectivity index (χ2v) is 4.76. The zero-order valence-electron chi connectivity index (χ0n) is 9.68. The van der Waals surface area contributed by atoms with Crippen LogP contribution in [0.25, 0.3) is 10.9 Å². The number of hydrogen-bond acceptors (Lipinski definition) is 4. The summed E-state index contributed by atoms with van der Waals surface area (Å²) in [5.74, 6) is -0.323. The maximum atomic E-state index is 12.2. The standard InChI is InChI=1S/C13H8N4OS/c14-7-8-5-6-19-13(8)15-12(18)11-9-3-1-2-4-10(9)16-17-11/h1-6H,(H,15,18)(H,16,17). The molecule has 0 unspecified atom stereocenters. The van der Waals surface area contributed by atoms with Crippen LogP contribution in [0.15, 0.2) is 35.7 Å². The van der Waals surface area contributed by atoms with E-state index < -0.39 is 0 Å². The number of nitriles is 1. The molecule has 0 bridgehead atoms. The number of para-hydroxylation sites is 1. The van der Waals surface area contributed by atoms with Crippen LogP contribution in [0.5, 0.6) is 0 Å². The zero-order valence-corrected chi connectivity index (χ0v) is 10.5. The van der Waals surface area contributed by atoms with E-state index in [0.29, 0.717) is 16.3 Å². The molecule has 3 aromatic rings. The van der Waals surface area contributed by atoms with Gasteiger partial charge in [0.2, 0.25) is 0 Å². The summed E-state index contributed by atoms with van der Waals surface area (Å²) in [6.07, 6.45) is 0. The van der Waals surface area contributed by atoms with Gasteiger partial charge in [-0.1, -0.05) is 18.2 Å². The van der Waals surface area contributed by atoms with E-state index in [0.717, 1.165) is 10.9 Å². The van der Waals surface area contributed by atoms with E-state index in [2.05, 4.69) is 15.5 Å². The molecule has 0 radical (unpaired) electrons. The minimum absolute atomic E-state index is 0.323. The third-order valence-corrected chi connectivity index (χ3v) is 3.53. The van der Waals surface area contributed by atoms with Gasteiger partial charge in [0.1, 0.15) is 11.1 Å². The number of anilines is 1. The first-order chi connectivity index (χ1) is 9.29. The van der Waals surface area contributed by atoms with Gasteiger partial charge >= 0.3 is 0 Å².